The Morgan fingerprint density at radius 2 is 1.88 bits per heavy atom. The maximum Gasteiger partial charge on any atom is 0.337 e. The fourth-order valence-electron chi connectivity index (χ4n) is 2.93. The number of benzene rings is 1. The van der Waals surface area contributed by atoms with Gasteiger partial charge >= 0.3 is 5.69 Å². The van der Waals surface area contributed by atoms with Crippen molar-refractivity contribution in [2.45, 2.75) is 20.0 Å². The summed E-state index contributed by atoms with van der Waals surface area (Å²) in [4.78, 5) is 30.3. The van der Waals surface area contributed by atoms with Crippen LogP contribution in [0.3, 0.4) is 0 Å². The predicted octanol–water partition coefficient (Wildman–Crippen LogP) is 2.01. The van der Waals surface area contributed by atoms with Crippen LogP contribution in [0, 0.1) is 0 Å². The van der Waals surface area contributed by atoms with E-state index in [0.717, 1.165) is 0 Å². The van der Waals surface area contributed by atoms with E-state index in [1.807, 2.05) is 37.3 Å². The van der Waals surface area contributed by atoms with Gasteiger partial charge in [0.15, 0.2) is 11.2 Å². The molecule has 4 rings (SSSR count). The summed E-state index contributed by atoms with van der Waals surface area (Å²) < 4.78 is 9.70. The molecule has 0 fully saturated rings. The van der Waals surface area contributed by atoms with Gasteiger partial charge in [-0.3, -0.25) is 9.36 Å². The van der Waals surface area contributed by atoms with Crippen LogP contribution in [0.5, 0.6) is 0 Å². The van der Waals surface area contributed by atoms with Gasteiger partial charge in [-0.05, 0) is 31.2 Å². The molecule has 1 aromatic carbocycles. The molecule has 0 atom stereocenters. The molecule has 0 unspecified atom stereocenters. The number of para-hydroxylation sites is 1. The lowest BCUT2D eigenvalue weighted by molar-refractivity contribution is 0.482. The molecule has 0 saturated heterocycles. The van der Waals surface area contributed by atoms with Crippen LogP contribution in [-0.4, -0.2) is 18.7 Å². The average molecular weight is 336 g/mol. The highest BCUT2D eigenvalue weighted by atomic mass is 16.3. The van der Waals surface area contributed by atoms with Gasteiger partial charge in [0.25, 0.3) is 5.56 Å². The Morgan fingerprint density at radius 1 is 1.08 bits per heavy atom. The number of imidazole rings is 1. The van der Waals surface area contributed by atoms with E-state index in [1.54, 1.807) is 23.0 Å². The van der Waals surface area contributed by atoms with E-state index in [1.165, 1.54) is 15.4 Å². The van der Waals surface area contributed by atoms with E-state index in [0.29, 0.717) is 29.2 Å². The molecule has 0 bridgehead atoms. The van der Waals surface area contributed by atoms with Gasteiger partial charge in [-0.15, -0.1) is 0 Å². The van der Waals surface area contributed by atoms with E-state index in [4.69, 9.17) is 4.42 Å². The van der Waals surface area contributed by atoms with E-state index in [9.17, 15) is 9.59 Å². The smallest absolute Gasteiger partial charge is 0.337 e. The number of nitrogens with zero attached hydrogens (tertiary/aromatic N) is 4. The lowest BCUT2D eigenvalue weighted by atomic mass is 10.3. The first-order chi connectivity index (χ1) is 12.2. The Labute approximate surface area is 142 Å². The molecule has 0 spiro atoms. The molecule has 7 nitrogen and oxygen atoms in total. The van der Waals surface area contributed by atoms with Crippen molar-refractivity contribution >= 4 is 11.2 Å². The number of aryl methyl sites for hydroxylation is 1. The van der Waals surface area contributed by atoms with Crippen LogP contribution in [0.15, 0.2) is 69.1 Å². The highest BCUT2D eigenvalue weighted by Gasteiger charge is 2.19. The fraction of sp³-hybridized carbons (Fsp3) is 0.167. The second-order valence-electron chi connectivity index (χ2n) is 5.63. The Bertz CT molecular complexity index is 1130. The minimum Gasteiger partial charge on any atom is -0.467 e. The molecule has 3 heterocycles. The van der Waals surface area contributed by atoms with Crippen molar-refractivity contribution in [2.75, 3.05) is 0 Å². The van der Waals surface area contributed by atoms with Crippen LogP contribution in [0.1, 0.15) is 12.7 Å². The largest absolute Gasteiger partial charge is 0.467 e. The molecule has 0 aliphatic rings. The SMILES string of the molecule is CCn1cnc2c1c(=O)n(Cc1ccco1)c(=O)n2-c1ccccc1. The third-order valence-electron chi connectivity index (χ3n) is 4.15. The lowest BCUT2D eigenvalue weighted by Crippen LogP contribution is -2.40. The third kappa shape index (κ3) is 2.40. The number of fused-ring (bicyclic) bond motifs is 1. The molecule has 0 N–H and O–H groups in total. The van der Waals surface area contributed by atoms with Crippen LogP contribution in [0.2, 0.25) is 0 Å². The highest BCUT2D eigenvalue weighted by molar-refractivity contribution is 5.72. The molecular formula is C18H16N4O3. The molecule has 3 aromatic heterocycles. The standard InChI is InChI=1S/C18H16N4O3/c1-2-20-12-19-16-15(20)17(23)21(11-14-9-6-10-25-14)18(24)22(16)13-7-4-3-5-8-13/h3-10,12H,2,11H2,1H3. The van der Waals surface area contributed by atoms with E-state index in [-0.39, 0.29) is 12.1 Å². The van der Waals surface area contributed by atoms with Crippen LogP contribution in [0.4, 0.5) is 0 Å². The van der Waals surface area contributed by atoms with Crippen molar-refractivity contribution in [1.82, 2.24) is 18.7 Å². The van der Waals surface area contributed by atoms with Crippen molar-refractivity contribution in [3.8, 4) is 5.69 Å². The summed E-state index contributed by atoms with van der Waals surface area (Å²) in [5.41, 5.74) is 0.604. The monoisotopic (exact) mass is 336 g/mol. The van der Waals surface area contributed by atoms with Crippen molar-refractivity contribution < 1.29 is 4.42 Å². The van der Waals surface area contributed by atoms with Gasteiger partial charge in [-0.25, -0.2) is 14.3 Å². The maximum atomic E-state index is 13.1. The van der Waals surface area contributed by atoms with Crippen molar-refractivity contribution in [1.29, 1.82) is 0 Å². The average Bonchev–Trinajstić information content (AvgIpc) is 3.29. The summed E-state index contributed by atoms with van der Waals surface area (Å²) in [5, 5.41) is 0. The number of hydrogen-bond donors (Lipinski definition) is 0. The first-order valence-electron chi connectivity index (χ1n) is 7.99. The maximum absolute atomic E-state index is 13.1. The van der Waals surface area contributed by atoms with Gasteiger partial charge in [-0.2, -0.15) is 0 Å². The number of furan rings is 1. The zero-order chi connectivity index (χ0) is 17.4. The first-order valence-corrected chi connectivity index (χ1v) is 7.99. The highest BCUT2D eigenvalue weighted by Crippen LogP contribution is 2.13. The molecule has 4 aromatic rings. The third-order valence-corrected chi connectivity index (χ3v) is 4.15. The summed E-state index contributed by atoms with van der Waals surface area (Å²) in [7, 11) is 0. The molecule has 0 saturated carbocycles. The van der Waals surface area contributed by atoms with Crippen LogP contribution in [0.25, 0.3) is 16.9 Å². The van der Waals surface area contributed by atoms with Crippen LogP contribution < -0.4 is 11.2 Å². The molecule has 0 radical (unpaired) electrons. The van der Waals surface area contributed by atoms with Gasteiger partial charge in [0, 0.05) is 6.54 Å². The molecule has 126 valence electrons. The zero-order valence-electron chi connectivity index (χ0n) is 13.6. The zero-order valence-corrected chi connectivity index (χ0v) is 13.6. The van der Waals surface area contributed by atoms with Gasteiger partial charge in [0.2, 0.25) is 0 Å². The summed E-state index contributed by atoms with van der Waals surface area (Å²) in [6, 6.07) is 12.6. The molecule has 0 aliphatic heterocycles. The minimum atomic E-state index is -0.443. The normalized spacial score (nSPS) is 11.2. The summed E-state index contributed by atoms with van der Waals surface area (Å²) >= 11 is 0. The molecular weight excluding hydrogens is 320 g/mol. The second-order valence-corrected chi connectivity index (χ2v) is 5.63. The van der Waals surface area contributed by atoms with Gasteiger partial charge in [0.1, 0.15) is 5.76 Å². The van der Waals surface area contributed by atoms with Gasteiger partial charge in [0.05, 0.1) is 24.8 Å². The lowest BCUT2D eigenvalue weighted by Gasteiger charge is -2.11. The van der Waals surface area contributed by atoms with Crippen LogP contribution >= 0.6 is 0 Å². The topological polar surface area (TPSA) is 75.0 Å². The van der Waals surface area contributed by atoms with Crippen molar-refractivity contribution in [2.24, 2.45) is 0 Å². The van der Waals surface area contributed by atoms with Crippen molar-refractivity contribution in [3.05, 3.63) is 81.7 Å². The minimum absolute atomic E-state index is 0.0718. The fourth-order valence-corrected chi connectivity index (χ4v) is 2.93. The molecule has 25 heavy (non-hydrogen) atoms. The van der Waals surface area contributed by atoms with Gasteiger partial charge in [-0.1, -0.05) is 18.2 Å². The molecule has 0 amide bonds. The molecule has 7 heteroatoms. The Balaban J connectivity index is 2.08. The Kier molecular flexibility index (Phi) is 3.61. The van der Waals surface area contributed by atoms with E-state index < -0.39 is 5.69 Å². The Morgan fingerprint density at radius 3 is 2.56 bits per heavy atom. The number of hydrogen-bond acceptors (Lipinski definition) is 4. The predicted molar refractivity (Wildman–Crippen MR) is 93.1 cm³/mol. The quantitative estimate of drug-likeness (QED) is 0.571. The Hall–Kier alpha value is -3.35. The summed E-state index contributed by atoms with van der Waals surface area (Å²) in [5.74, 6) is 0.542. The van der Waals surface area contributed by atoms with E-state index >= 15 is 0 Å². The summed E-state index contributed by atoms with van der Waals surface area (Å²) in [6.07, 6.45) is 3.10. The second kappa shape index (κ2) is 5.94. The summed E-state index contributed by atoms with van der Waals surface area (Å²) in [6.45, 7) is 2.58. The number of aromatic nitrogens is 4. The molecule has 0 aliphatic carbocycles. The van der Waals surface area contributed by atoms with Crippen LogP contribution in [-0.2, 0) is 13.1 Å². The van der Waals surface area contributed by atoms with Crippen molar-refractivity contribution in [3.63, 3.8) is 0 Å². The first kappa shape index (κ1) is 15.2. The number of rotatable bonds is 4. The van der Waals surface area contributed by atoms with Gasteiger partial charge < -0.3 is 8.98 Å². The van der Waals surface area contributed by atoms with E-state index in [2.05, 4.69) is 4.98 Å².